The van der Waals surface area contributed by atoms with Gasteiger partial charge in [-0.1, -0.05) is 25.1 Å². The fraction of sp³-hybridized carbons (Fsp3) is 0.235. The van der Waals surface area contributed by atoms with E-state index in [-0.39, 0.29) is 0 Å². The summed E-state index contributed by atoms with van der Waals surface area (Å²) < 4.78 is 2.24. The molecule has 102 valence electrons. The number of hydrogen-bond acceptors (Lipinski definition) is 2. The zero-order valence-electron chi connectivity index (χ0n) is 12.0. The highest BCUT2D eigenvalue weighted by Crippen LogP contribution is 2.24. The molecule has 0 atom stereocenters. The van der Waals surface area contributed by atoms with Gasteiger partial charge >= 0.3 is 0 Å². The summed E-state index contributed by atoms with van der Waals surface area (Å²) in [4.78, 5) is 4.20. The molecule has 3 heteroatoms. The third-order valence-electron chi connectivity index (χ3n) is 3.54. The maximum Gasteiger partial charge on any atom is 0.0698 e. The smallest absolute Gasteiger partial charge is 0.0698 e. The average Bonchev–Trinajstić information content (AvgIpc) is 2.90. The molecule has 3 nitrogen and oxygen atoms in total. The number of aromatic nitrogens is 2. The van der Waals surface area contributed by atoms with Crippen molar-refractivity contribution in [3.05, 3.63) is 60.6 Å². The number of anilines is 1. The van der Waals surface area contributed by atoms with Crippen LogP contribution in [0.4, 0.5) is 5.69 Å². The van der Waals surface area contributed by atoms with Crippen molar-refractivity contribution in [2.45, 2.75) is 20.3 Å². The molecule has 0 fully saturated rings. The lowest BCUT2D eigenvalue weighted by Crippen LogP contribution is -2.30. The maximum absolute atomic E-state index is 4.20. The Kier molecular flexibility index (Phi) is 3.42. The van der Waals surface area contributed by atoms with Crippen LogP contribution in [0.2, 0.25) is 0 Å². The zero-order chi connectivity index (χ0) is 13.9. The highest BCUT2D eigenvalue weighted by Gasteiger charge is 2.12. The minimum atomic E-state index is 0.976. The molecule has 0 aliphatic rings. The third kappa shape index (κ3) is 2.16. The molecule has 20 heavy (non-hydrogen) atoms. The monoisotopic (exact) mass is 265 g/mol. The summed E-state index contributed by atoms with van der Waals surface area (Å²) in [5, 5.41) is 3.58. The molecule has 0 radical (unpaired) electrons. The van der Waals surface area contributed by atoms with E-state index in [4.69, 9.17) is 0 Å². The number of nitrogens with zero attached hydrogens (tertiary/aromatic N) is 3. The van der Waals surface area contributed by atoms with Crippen molar-refractivity contribution in [2.75, 3.05) is 11.6 Å². The van der Waals surface area contributed by atoms with E-state index in [0.717, 1.165) is 13.0 Å². The number of benzene rings is 1. The van der Waals surface area contributed by atoms with Crippen LogP contribution in [0.1, 0.15) is 18.9 Å². The van der Waals surface area contributed by atoms with Crippen LogP contribution in [-0.2, 0) is 0 Å². The molecule has 3 rings (SSSR count). The van der Waals surface area contributed by atoms with Gasteiger partial charge < -0.3 is 0 Å². The van der Waals surface area contributed by atoms with Crippen LogP contribution in [0.5, 0.6) is 0 Å². The molecule has 2 aromatic heterocycles. The summed E-state index contributed by atoms with van der Waals surface area (Å²) in [5.41, 5.74) is 3.64. The van der Waals surface area contributed by atoms with Gasteiger partial charge in [-0.05, 0) is 37.1 Å². The fourth-order valence-electron chi connectivity index (χ4n) is 2.59. The Labute approximate surface area is 119 Å². The van der Waals surface area contributed by atoms with Crippen LogP contribution in [0.25, 0.3) is 10.9 Å². The van der Waals surface area contributed by atoms with Crippen molar-refractivity contribution >= 4 is 16.6 Å². The Morgan fingerprint density at radius 1 is 1.15 bits per heavy atom. The predicted molar refractivity (Wildman–Crippen MR) is 83.9 cm³/mol. The normalized spacial score (nSPS) is 10.9. The van der Waals surface area contributed by atoms with E-state index < -0.39 is 0 Å². The molecule has 0 saturated heterocycles. The highest BCUT2D eigenvalue weighted by atomic mass is 15.5. The van der Waals surface area contributed by atoms with E-state index in [1.165, 1.54) is 22.2 Å². The molecule has 0 aliphatic heterocycles. The summed E-state index contributed by atoms with van der Waals surface area (Å²) >= 11 is 0. The molecular formula is C17H19N3. The van der Waals surface area contributed by atoms with Gasteiger partial charge in [0.25, 0.3) is 0 Å². The van der Waals surface area contributed by atoms with Gasteiger partial charge in [-0.2, -0.15) is 0 Å². The minimum Gasteiger partial charge on any atom is -0.281 e. The first-order valence-electron chi connectivity index (χ1n) is 7.06. The van der Waals surface area contributed by atoms with Gasteiger partial charge in [0.05, 0.1) is 11.2 Å². The van der Waals surface area contributed by atoms with Gasteiger partial charge in [-0.25, -0.2) is 0 Å². The summed E-state index contributed by atoms with van der Waals surface area (Å²) in [6, 6.07) is 12.7. The van der Waals surface area contributed by atoms with Crippen molar-refractivity contribution in [3.8, 4) is 0 Å². The van der Waals surface area contributed by atoms with Crippen molar-refractivity contribution < 1.29 is 0 Å². The van der Waals surface area contributed by atoms with Gasteiger partial charge in [0.15, 0.2) is 0 Å². The zero-order valence-corrected chi connectivity index (χ0v) is 12.0. The quantitative estimate of drug-likeness (QED) is 0.710. The molecule has 2 heterocycles. The Balaban J connectivity index is 2.14. The van der Waals surface area contributed by atoms with E-state index in [2.05, 4.69) is 71.1 Å². The molecule has 0 unspecified atom stereocenters. The maximum atomic E-state index is 4.20. The Morgan fingerprint density at radius 2 is 2.00 bits per heavy atom. The predicted octanol–water partition coefficient (Wildman–Crippen LogP) is 4.02. The minimum absolute atomic E-state index is 0.976. The Hall–Kier alpha value is -2.29. The van der Waals surface area contributed by atoms with Crippen LogP contribution in [0.15, 0.2) is 55.0 Å². The molecule has 0 spiro atoms. The van der Waals surface area contributed by atoms with E-state index >= 15 is 0 Å². The van der Waals surface area contributed by atoms with Crippen LogP contribution in [0, 0.1) is 6.92 Å². The number of aryl methyl sites for hydroxylation is 1. The molecule has 0 saturated carbocycles. The lowest BCUT2D eigenvalue weighted by molar-refractivity contribution is 0.693. The molecule has 3 aromatic rings. The standard InChI is InChI=1S/C17H19N3/c1-3-11-19(16-8-10-18-13-14(16)2)20-12-9-15-6-4-5-7-17(15)20/h4-10,12-13H,3,11H2,1-2H3. The summed E-state index contributed by atoms with van der Waals surface area (Å²) in [7, 11) is 0. The summed E-state index contributed by atoms with van der Waals surface area (Å²) in [6.45, 7) is 5.29. The molecule has 0 bridgehead atoms. The van der Waals surface area contributed by atoms with E-state index in [9.17, 15) is 0 Å². The fourth-order valence-corrected chi connectivity index (χ4v) is 2.59. The van der Waals surface area contributed by atoms with Crippen molar-refractivity contribution in [3.63, 3.8) is 0 Å². The largest absolute Gasteiger partial charge is 0.281 e. The molecular weight excluding hydrogens is 246 g/mol. The number of pyridine rings is 1. The molecule has 0 amide bonds. The lowest BCUT2D eigenvalue weighted by atomic mass is 10.2. The SMILES string of the molecule is CCCN(c1ccncc1C)n1ccc2ccccc21. The van der Waals surface area contributed by atoms with Gasteiger partial charge in [0, 0.05) is 30.5 Å². The van der Waals surface area contributed by atoms with Gasteiger partial charge in [-0.15, -0.1) is 0 Å². The summed E-state index contributed by atoms with van der Waals surface area (Å²) in [6.07, 6.45) is 7.01. The van der Waals surface area contributed by atoms with Crippen LogP contribution in [-0.4, -0.2) is 16.2 Å². The van der Waals surface area contributed by atoms with E-state index in [0.29, 0.717) is 0 Å². The second-order valence-corrected chi connectivity index (χ2v) is 5.00. The number of rotatable bonds is 4. The molecule has 0 aliphatic carbocycles. The first-order valence-corrected chi connectivity index (χ1v) is 7.06. The van der Waals surface area contributed by atoms with Crippen molar-refractivity contribution in [2.24, 2.45) is 0 Å². The molecule has 0 N–H and O–H groups in total. The number of fused-ring (bicyclic) bond motifs is 1. The van der Waals surface area contributed by atoms with Crippen molar-refractivity contribution in [1.29, 1.82) is 0 Å². The topological polar surface area (TPSA) is 21.1 Å². The Bertz CT molecular complexity index is 715. The van der Waals surface area contributed by atoms with Gasteiger partial charge in [-0.3, -0.25) is 14.7 Å². The van der Waals surface area contributed by atoms with Gasteiger partial charge in [0.2, 0.25) is 0 Å². The van der Waals surface area contributed by atoms with E-state index in [1.54, 1.807) is 0 Å². The van der Waals surface area contributed by atoms with Crippen LogP contribution in [0.3, 0.4) is 0 Å². The van der Waals surface area contributed by atoms with E-state index in [1.807, 2.05) is 12.4 Å². The second kappa shape index (κ2) is 5.37. The van der Waals surface area contributed by atoms with Crippen LogP contribution < -0.4 is 5.01 Å². The highest BCUT2D eigenvalue weighted by molar-refractivity contribution is 5.81. The third-order valence-corrected chi connectivity index (χ3v) is 3.54. The first kappa shape index (κ1) is 12.7. The Morgan fingerprint density at radius 3 is 2.80 bits per heavy atom. The molecule has 1 aromatic carbocycles. The average molecular weight is 265 g/mol. The second-order valence-electron chi connectivity index (χ2n) is 5.00. The number of para-hydroxylation sites is 1. The number of hydrogen-bond donors (Lipinski definition) is 0. The van der Waals surface area contributed by atoms with Crippen LogP contribution >= 0.6 is 0 Å². The van der Waals surface area contributed by atoms with Gasteiger partial charge in [0.1, 0.15) is 0 Å². The first-order chi connectivity index (χ1) is 9.81. The lowest BCUT2D eigenvalue weighted by Gasteiger charge is -2.28. The van der Waals surface area contributed by atoms with Crippen molar-refractivity contribution in [1.82, 2.24) is 9.66 Å². The summed E-state index contributed by atoms with van der Waals surface area (Å²) in [5.74, 6) is 0.